The molecule has 1 aromatic heterocycles. The average Bonchev–Trinajstić information content (AvgIpc) is 2.28. The third-order valence-corrected chi connectivity index (χ3v) is 2.46. The van der Waals surface area contributed by atoms with Crippen molar-refractivity contribution in [3.05, 3.63) is 28.5 Å². The number of aromatic nitrogens is 1. The predicted octanol–water partition coefficient (Wildman–Crippen LogP) is 2.29. The number of carbonyl (C=O) groups excluding carboxylic acids is 1. The van der Waals surface area contributed by atoms with Crippen molar-refractivity contribution in [1.29, 1.82) is 0 Å². The van der Waals surface area contributed by atoms with E-state index in [0.29, 0.717) is 23.4 Å². The van der Waals surface area contributed by atoms with E-state index in [9.17, 15) is 4.79 Å². The number of carbonyl (C=O) groups is 1. The Hall–Kier alpha value is -1.20. The number of H-pyrrole nitrogens is 1. The van der Waals surface area contributed by atoms with Crippen LogP contribution in [0, 0.1) is 4.64 Å². The van der Waals surface area contributed by atoms with Crippen LogP contribution in [0.4, 0.5) is 0 Å². The van der Waals surface area contributed by atoms with E-state index < -0.39 is 0 Å². The molecule has 1 amide bonds. The van der Waals surface area contributed by atoms with Crippen molar-refractivity contribution in [2.24, 2.45) is 0 Å². The van der Waals surface area contributed by atoms with Gasteiger partial charge in [0.15, 0.2) is 0 Å². The van der Waals surface area contributed by atoms with Crippen molar-refractivity contribution in [3.8, 4) is 0 Å². The number of nitrogens with one attached hydrogen (secondary N) is 2. The Bertz CT molecular complexity index is 415. The molecular weight excluding hydrogens is 236 g/mol. The molecule has 0 spiro atoms. The van der Waals surface area contributed by atoms with Gasteiger partial charge in [0.2, 0.25) is 0 Å². The lowest BCUT2D eigenvalue weighted by Gasteiger charge is -2.08. The SMILES string of the molecule is CC(C)OCCCNC(=O)c1ccc[nH]c1=S. The predicted molar refractivity (Wildman–Crippen MR) is 69.7 cm³/mol. The quantitative estimate of drug-likeness (QED) is 0.605. The first-order valence-electron chi connectivity index (χ1n) is 5.68. The summed E-state index contributed by atoms with van der Waals surface area (Å²) in [5.74, 6) is -0.142. The molecule has 0 aromatic carbocycles. The Labute approximate surface area is 106 Å². The van der Waals surface area contributed by atoms with Crippen LogP contribution in [-0.2, 0) is 4.74 Å². The maximum atomic E-state index is 11.7. The second-order valence-corrected chi connectivity index (χ2v) is 4.35. The molecule has 1 heterocycles. The zero-order valence-electron chi connectivity index (χ0n) is 10.2. The Morgan fingerprint density at radius 1 is 1.59 bits per heavy atom. The van der Waals surface area contributed by atoms with Gasteiger partial charge in [0.25, 0.3) is 5.91 Å². The zero-order valence-corrected chi connectivity index (χ0v) is 11.0. The Morgan fingerprint density at radius 2 is 2.35 bits per heavy atom. The summed E-state index contributed by atoms with van der Waals surface area (Å²) in [4.78, 5) is 14.6. The average molecular weight is 254 g/mol. The van der Waals surface area contributed by atoms with Gasteiger partial charge in [0, 0.05) is 19.3 Å². The van der Waals surface area contributed by atoms with Crippen LogP contribution in [0.15, 0.2) is 18.3 Å². The van der Waals surface area contributed by atoms with Gasteiger partial charge < -0.3 is 15.0 Å². The van der Waals surface area contributed by atoms with E-state index in [1.807, 2.05) is 13.8 Å². The minimum absolute atomic E-state index is 0.142. The molecule has 94 valence electrons. The molecule has 0 radical (unpaired) electrons. The van der Waals surface area contributed by atoms with Gasteiger partial charge in [0.05, 0.1) is 11.7 Å². The molecule has 17 heavy (non-hydrogen) atoms. The lowest BCUT2D eigenvalue weighted by Crippen LogP contribution is -2.26. The number of ether oxygens (including phenoxy) is 1. The van der Waals surface area contributed by atoms with Crippen molar-refractivity contribution in [2.75, 3.05) is 13.2 Å². The van der Waals surface area contributed by atoms with Crippen LogP contribution in [0.3, 0.4) is 0 Å². The minimum atomic E-state index is -0.142. The van der Waals surface area contributed by atoms with E-state index in [4.69, 9.17) is 17.0 Å². The van der Waals surface area contributed by atoms with Gasteiger partial charge in [-0.25, -0.2) is 0 Å². The standard InChI is InChI=1S/C12H18N2O2S/c1-9(2)16-8-4-7-13-11(15)10-5-3-6-14-12(10)17/h3,5-6,9H,4,7-8H2,1-2H3,(H,13,15)(H,14,17). The highest BCUT2D eigenvalue weighted by atomic mass is 32.1. The maximum absolute atomic E-state index is 11.7. The van der Waals surface area contributed by atoms with Gasteiger partial charge >= 0.3 is 0 Å². The summed E-state index contributed by atoms with van der Waals surface area (Å²) < 4.78 is 5.84. The fourth-order valence-corrected chi connectivity index (χ4v) is 1.52. The molecule has 0 fully saturated rings. The van der Waals surface area contributed by atoms with E-state index in [1.54, 1.807) is 18.3 Å². The summed E-state index contributed by atoms with van der Waals surface area (Å²) in [6.45, 7) is 5.22. The number of amides is 1. The van der Waals surface area contributed by atoms with Crippen molar-refractivity contribution in [3.63, 3.8) is 0 Å². The number of rotatable bonds is 6. The topological polar surface area (TPSA) is 54.1 Å². The van der Waals surface area contributed by atoms with Crippen LogP contribution in [0.5, 0.6) is 0 Å². The van der Waals surface area contributed by atoms with E-state index in [1.165, 1.54) is 0 Å². The molecule has 1 aromatic rings. The Morgan fingerprint density at radius 3 is 3.00 bits per heavy atom. The summed E-state index contributed by atoms with van der Waals surface area (Å²) in [6.07, 6.45) is 2.73. The second-order valence-electron chi connectivity index (χ2n) is 3.94. The van der Waals surface area contributed by atoms with E-state index in [2.05, 4.69) is 10.3 Å². The third kappa shape index (κ3) is 5.10. The molecule has 0 bridgehead atoms. The zero-order chi connectivity index (χ0) is 12.7. The van der Waals surface area contributed by atoms with Gasteiger partial charge in [0.1, 0.15) is 4.64 Å². The first-order valence-corrected chi connectivity index (χ1v) is 6.09. The summed E-state index contributed by atoms with van der Waals surface area (Å²) in [5, 5.41) is 2.81. The molecule has 0 aliphatic rings. The molecular formula is C12H18N2O2S. The fourth-order valence-electron chi connectivity index (χ4n) is 1.29. The van der Waals surface area contributed by atoms with Gasteiger partial charge in [-0.2, -0.15) is 0 Å². The molecule has 5 heteroatoms. The summed E-state index contributed by atoms with van der Waals surface area (Å²) in [5.41, 5.74) is 0.507. The van der Waals surface area contributed by atoms with Crippen LogP contribution >= 0.6 is 12.2 Å². The highest BCUT2D eigenvalue weighted by Crippen LogP contribution is 1.99. The summed E-state index contributed by atoms with van der Waals surface area (Å²) in [7, 11) is 0. The summed E-state index contributed by atoms with van der Waals surface area (Å²) >= 11 is 5.02. The second kappa shape index (κ2) is 7.19. The van der Waals surface area contributed by atoms with E-state index >= 15 is 0 Å². The number of hydrogen-bond acceptors (Lipinski definition) is 3. The Balaban J connectivity index is 2.31. The van der Waals surface area contributed by atoms with E-state index in [-0.39, 0.29) is 12.0 Å². The third-order valence-electron chi connectivity index (χ3n) is 2.12. The van der Waals surface area contributed by atoms with Crippen LogP contribution in [0.1, 0.15) is 30.6 Å². The molecule has 1 rings (SSSR count). The summed E-state index contributed by atoms with van der Waals surface area (Å²) in [6, 6.07) is 3.46. The monoisotopic (exact) mass is 254 g/mol. The van der Waals surface area contributed by atoms with E-state index in [0.717, 1.165) is 6.42 Å². The molecule has 4 nitrogen and oxygen atoms in total. The molecule has 0 unspecified atom stereocenters. The number of pyridine rings is 1. The lowest BCUT2D eigenvalue weighted by molar-refractivity contribution is 0.0757. The fraction of sp³-hybridized carbons (Fsp3) is 0.500. The first kappa shape index (κ1) is 13.9. The van der Waals surface area contributed by atoms with Gasteiger partial charge in [-0.15, -0.1) is 0 Å². The number of hydrogen-bond donors (Lipinski definition) is 2. The number of aromatic amines is 1. The van der Waals surface area contributed by atoms with Crippen molar-refractivity contribution < 1.29 is 9.53 Å². The van der Waals surface area contributed by atoms with Crippen molar-refractivity contribution >= 4 is 18.1 Å². The lowest BCUT2D eigenvalue weighted by atomic mass is 10.2. The van der Waals surface area contributed by atoms with Gasteiger partial charge in [-0.1, -0.05) is 12.2 Å². The maximum Gasteiger partial charge on any atom is 0.254 e. The normalized spacial score (nSPS) is 10.5. The van der Waals surface area contributed by atoms with Crippen LogP contribution in [0.2, 0.25) is 0 Å². The molecule has 0 saturated carbocycles. The molecule has 0 aliphatic heterocycles. The van der Waals surface area contributed by atoms with Crippen LogP contribution in [0.25, 0.3) is 0 Å². The van der Waals surface area contributed by atoms with Crippen LogP contribution < -0.4 is 5.32 Å². The highest BCUT2D eigenvalue weighted by molar-refractivity contribution is 7.71. The van der Waals surface area contributed by atoms with Gasteiger partial charge in [-0.05, 0) is 32.4 Å². The largest absolute Gasteiger partial charge is 0.379 e. The minimum Gasteiger partial charge on any atom is -0.379 e. The first-order chi connectivity index (χ1) is 8.11. The molecule has 2 N–H and O–H groups in total. The van der Waals surface area contributed by atoms with Gasteiger partial charge in [-0.3, -0.25) is 4.79 Å². The molecule has 0 atom stereocenters. The van der Waals surface area contributed by atoms with Crippen LogP contribution in [-0.4, -0.2) is 30.1 Å². The molecule has 0 saturated heterocycles. The van der Waals surface area contributed by atoms with Crippen molar-refractivity contribution in [2.45, 2.75) is 26.4 Å². The van der Waals surface area contributed by atoms with Crippen molar-refractivity contribution in [1.82, 2.24) is 10.3 Å². The Kier molecular flexibility index (Phi) is 5.86. The highest BCUT2D eigenvalue weighted by Gasteiger charge is 2.05. The smallest absolute Gasteiger partial charge is 0.254 e. The molecule has 0 aliphatic carbocycles.